The molecule has 1 saturated heterocycles. The quantitative estimate of drug-likeness (QED) is 0.643. The van der Waals surface area contributed by atoms with Gasteiger partial charge in [0.05, 0.1) is 0 Å². The van der Waals surface area contributed by atoms with Crippen molar-refractivity contribution >= 4 is 5.91 Å². The van der Waals surface area contributed by atoms with Crippen molar-refractivity contribution in [3.8, 4) is 0 Å². The van der Waals surface area contributed by atoms with Crippen LogP contribution in [-0.4, -0.2) is 23.9 Å². The Balaban J connectivity index is 2.45. The second kappa shape index (κ2) is 4.64. The molecule has 2 heteroatoms. The molecule has 1 fully saturated rings. The van der Waals surface area contributed by atoms with Gasteiger partial charge in [0.15, 0.2) is 0 Å². The average molecular weight is 183 g/mol. The Bertz CT molecular complexity index is 171. The van der Waals surface area contributed by atoms with Crippen molar-refractivity contribution in [3.05, 3.63) is 0 Å². The molecule has 13 heavy (non-hydrogen) atoms. The number of carbonyl (C=O) groups excluding carboxylic acids is 1. The molecule has 0 spiro atoms. The molecule has 1 rings (SSSR count). The van der Waals surface area contributed by atoms with Crippen LogP contribution in [0, 0.1) is 11.8 Å². The van der Waals surface area contributed by atoms with Crippen molar-refractivity contribution < 1.29 is 4.79 Å². The van der Waals surface area contributed by atoms with Crippen molar-refractivity contribution in [3.63, 3.8) is 0 Å². The van der Waals surface area contributed by atoms with E-state index in [4.69, 9.17) is 0 Å². The van der Waals surface area contributed by atoms with Gasteiger partial charge in [-0.05, 0) is 25.2 Å². The minimum Gasteiger partial charge on any atom is -0.342 e. The summed E-state index contributed by atoms with van der Waals surface area (Å²) in [5.41, 5.74) is 0. The number of hydrogen-bond acceptors (Lipinski definition) is 1. The zero-order chi connectivity index (χ0) is 9.84. The highest BCUT2D eigenvalue weighted by atomic mass is 16.2. The number of amides is 1. The predicted octanol–water partition coefficient (Wildman–Crippen LogP) is 2.29. The van der Waals surface area contributed by atoms with Crippen molar-refractivity contribution in [2.75, 3.05) is 13.1 Å². The molecule has 1 amide bonds. The number of hydrogen-bond donors (Lipinski definition) is 0. The second-order valence-electron chi connectivity index (χ2n) is 4.42. The van der Waals surface area contributed by atoms with Gasteiger partial charge in [0.25, 0.3) is 0 Å². The summed E-state index contributed by atoms with van der Waals surface area (Å²) in [6.07, 6.45) is 3.67. The molecular formula is C11H21NO. The van der Waals surface area contributed by atoms with Crippen LogP contribution in [0.5, 0.6) is 0 Å². The van der Waals surface area contributed by atoms with Crippen LogP contribution in [0.25, 0.3) is 0 Å². The van der Waals surface area contributed by atoms with E-state index in [1.165, 1.54) is 19.3 Å². The lowest BCUT2D eigenvalue weighted by Gasteiger charge is -2.30. The van der Waals surface area contributed by atoms with E-state index in [9.17, 15) is 4.79 Å². The van der Waals surface area contributed by atoms with Gasteiger partial charge in [0.2, 0.25) is 5.91 Å². The van der Waals surface area contributed by atoms with Crippen LogP contribution < -0.4 is 0 Å². The Morgan fingerprint density at radius 2 is 1.62 bits per heavy atom. The smallest absolute Gasteiger partial charge is 0.225 e. The van der Waals surface area contributed by atoms with Crippen molar-refractivity contribution in [1.29, 1.82) is 0 Å². The molecule has 1 atom stereocenters. The Morgan fingerprint density at radius 1 is 1.08 bits per heavy atom. The second-order valence-corrected chi connectivity index (χ2v) is 4.42. The van der Waals surface area contributed by atoms with Crippen molar-refractivity contribution in [1.82, 2.24) is 4.90 Å². The lowest BCUT2D eigenvalue weighted by atomic mass is 9.95. The summed E-state index contributed by atoms with van der Waals surface area (Å²) in [5.74, 6) is 1.02. The van der Waals surface area contributed by atoms with Gasteiger partial charge in [0, 0.05) is 19.0 Å². The predicted molar refractivity (Wildman–Crippen MR) is 54.4 cm³/mol. The first-order valence-electron chi connectivity index (χ1n) is 5.41. The maximum absolute atomic E-state index is 11.9. The van der Waals surface area contributed by atoms with Crippen LogP contribution in [0.1, 0.15) is 40.0 Å². The standard InChI is InChI=1S/C11H21NO/c1-9(2)10(3)11(13)12-7-5-4-6-8-12/h9-10H,4-8H2,1-3H3. The van der Waals surface area contributed by atoms with Gasteiger partial charge in [-0.3, -0.25) is 4.79 Å². The topological polar surface area (TPSA) is 20.3 Å². The largest absolute Gasteiger partial charge is 0.342 e. The van der Waals surface area contributed by atoms with Crippen LogP contribution in [-0.2, 0) is 4.79 Å². The number of carbonyl (C=O) groups is 1. The van der Waals surface area contributed by atoms with E-state index in [2.05, 4.69) is 13.8 Å². The highest BCUT2D eigenvalue weighted by Gasteiger charge is 2.23. The van der Waals surface area contributed by atoms with E-state index < -0.39 is 0 Å². The summed E-state index contributed by atoms with van der Waals surface area (Å²) in [4.78, 5) is 13.9. The normalized spacial score (nSPS) is 20.5. The van der Waals surface area contributed by atoms with E-state index in [0.29, 0.717) is 11.8 Å². The van der Waals surface area contributed by atoms with Gasteiger partial charge < -0.3 is 4.90 Å². The van der Waals surface area contributed by atoms with Crippen LogP contribution in [0.15, 0.2) is 0 Å². The molecule has 0 bridgehead atoms. The first-order chi connectivity index (χ1) is 6.13. The molecule has 0 radical (unpaired) electrons. The summed E-state index contributed by atoms with van der Waals surface area (Å²) >= 11 is 0. The molecule has 0 aromatic heterocycles. The summed E-state index contributed by atoms with van der Waals surface area (Å²) < 4.78 is 0. The summed E-state index contributed by atoms with van der Waals surface area (Å²) in [7, 11) is 0. The van der Waals surface area contributed by atoms with E-state index in [0.717, 1.165) is 13.1 Å². The molecule has 0 aliphatic carbocycles. The fourth-order valence-corrected chi connectivity index (χ4v) is 1.69. The summed E-state index contributed by atoms with van der Waals surface area (Å²) in [5, 5.41) is 0. The number of rotatable bonds is 2. The molecule has 1 aliphatic rings. The van der Waals surface area contributed by atoms with Crippen LogP contribution >= 0.6 is 0 Å². The SMILES string of the molecule is CC(C)C(C)C(=O)N1CCCCC1. The monoisotopic (exact) mass is 183 g/mol. The van der Waals surface area contributed by atoms with Gasteiger partial charge >= 0.3 is 0 Å². The first-order valence-corrected chi connectivity index (χ1v) is 5.41. The zero-order valence-electron chi connectivity index (χ0n) is 9.05. The fourth-order valence-electron chi connectivity index (χ4n) is 1.69. The Kier molecular flexibility index (Phi) is 3.76. The molecule has 0 N–H and O–H groups in total. The lowest BCUT2D eigenvalue weighted by molar-refractivity contribution is -0.137. The third kappa shape index (κ3) is 2.71. The highest BCUT2D eigenvalue weighted by Crippen LogP contribution is 2.17. The van der Waals surface area contributed by atoms with Gasteiger partial charge in [-0.25, -0.2) is 0 Å². The average Bonchev–Trinajstić information content (AvgIpc) is 2.17. The minimum absolute atomic E-state index is 0.193. The maximum Gasteiger partial charge on any atom is 0.225 e. The molecule has 1 aliphatic heterocycles. The highest BCUT2D eigenvalue weighted by molar-refractivity contribution is 5.78. The Hall–Kier alpha value is -0.530. The van der Waals surface area contributed by atoms with Crippen molar-refractivity contribution in [2.45, 2.75) is 40.0 Å². The Morgan fingerprint density at radius 3 is 2.08 bits per heavy atom. The van der Waals surface area contributed by atoms with Crippen molar-refractivity contribution in [2.24, 2.45) is 11.8 Å². The molecule has 0 saturated carbocycles. The minimum atomic E-state index is 0.193. The molecule has 2 nitrogen and oxygen atoms in total. The number of piperidine rings is 1. The van der Waals surface area contributed by atoms with Gasteiger partial charge in [-0.1, -0.05) is 20.8 Å². The van der Waals surface area contributed by atoms with Gasteiger partial charge in [-0.2, -0.15) is 0 Å². The number of likely N-dealkylation sites (tertiary alicyclic amines) is 1. The van der Waals surface area contributed by atoms with Gasteiger partial charge in [-0.15, -0.1) is 0 Å². The van der Waals surface area contributed by atoms with Crippen LogP contribution in [0.4, 0.5) is 0 Å². The molecule has 0 aromatic carbocycles. The van der Waals surface area contributed by atoms with E-state index in [1.807, 2.05) is 11.8 Å². The van der Waals surface area contributed by atoms with Crippen LogP contribution in [0.2, 0.25) is 0 Å². The molecule has 1 unspecified atom stereocenters. The van der Waals surface area contributed by atoms with E-state index in [1.54, 1.807) is 0 Å². The van der Waals surface area contributed by atoms with E-state index in [-0.39, 0.29) is 5.92 Å². The maximum atomic E-state index is 11.9. The summed E-state index contributed by atoms with van der Waals surface area (Å²) in [6, 6.07) is 0. The lowest BCUT2D eigenvalue weighted by Crippen LogP contribution is -2.40. The molecule has 0 aromatic rings. The molecule has 1 heterocycles. The third-order valence-electron chi connectivity index (χ3n) is 3.06. The number of nitrogens with zero attached hydrogens (tertiary/aromatic N) is 1. The van der Waals surface area contributed by atoms with E-state index >= 15 is 0 Å². The molecule has 76 valence electrons. The van der Waals surface area contributed by atoms with Crippen LogP contribution in [0.3, 0.4) is 0 Å². The summed E-state index contributed by atoms with van der Waals surface area (Å²) in [6.45, 7) is 8.24. The van der Waals surface area contributed by atoms with Gasteiger partial charge in [0.1, 0.15) is 0 Å². The fraction of sp³-hybridized carbons (Fsp3) is 0.909. The zero-order valence-corrected chi connectivity index (χ0v) is 9.05. The molecular weight excluding hydrogens is 162 g/mol. The Labute approximate surface area is 81.3 Å². The third-order valence-corrected chi connectivity index (χ3v) is 3.06. The first kappa shape index (κ1) is 10.6.